The van der Waals surface area contributed by atoms with Gasteiger partial charge < -0.3 is 5.73 Å². The summed E-state index contributed by atoms with van der Waals surface area (Å²) >= 11 is 0. The van der Waals surface area contributed by atoms with Crippen LogP contribution in [0.3, 0.4) is 0 Å². The van der Waals surface area contributed by atoms with Crippen molar-refractivity contribution in [1.29, 1.82) is 5.41 Å². The monoisotopic (exact) mass is 330 g/mol. The zero-order valence-electron chi connectivity index (χ0n) is 11.8. The quantitative estimate of drug-likeness (QED) is 0.435. The first-order valence-corrected chi connectivity index (χ1v) is 8.18. The van der Waals surface area contributed by atoms with Crippen molar-refractivity contribution in [3.63, 3.8) is 0 Å². The Bertz CT molecular complexity index is 470. The first-order chi connectivity index (χ1) is 9.50. The van der Waals surface area contributed by atoms with Crippen LogP contribution in [0, 0.1) is 11.3 Å². The van der Waals surface area contributed by atoms with Gasteiger partial charge in [-0.25, -0.2) is 0 Å². The van der Waals surface area contributed by atoms with E-state index in [0.29, 0.717) is 31.6 Å². The minimum absolute atomic E-state index is 0.313. The van der Waals surface area contributed by atoms with Gasteiger partial charge in [-0.05, 0) is 31.6 Å². The van der Waals surface area contributed by atoms with Crippen LogP contribution >= 0.6 is 0 Å². The van der Waals surface area contributed by atoms with Crippen LogP contribution in [0.15, 0.2) is 0 Å². The molecule has 10 heteroatoms. The summed E-state index contributed by atoms with van der Waals surface area (Å²) in [6.07, 6.45) is -1.72. The largest absolute Gasteiger partial charge is 0.402 e. The molecule has 0 aromatic carbocycles. The second kappa shape index (κ2) is 6.49. The molecule has 0 aromatic rings. The van der Waals surface area contributed by atoms with Gasteiger partial charge in [-0.2, -0.15) is 31.0 Å². The van der Waals surface area contributed by atoms with Gasteiger partial charge in [0.1, 0.15) is 12.4 Å². The van der Waals surface area contributed by atoms with Crippen LogP contribution in [-0.2, 0) is 10.2 Å². The molecule has 1 aliphatic rings. The van der Waals surface area contributed by atoms with Crippen molar-refractivity contribution in [1.82, 2.24) is 9.44 Å². The number of alkyl halides is 3. The summed E-state index contributed by atoms with van der Waals surface area (Å²) in [7, 11) is -4.38. The summed E-state index contributed by atoms with van der Waals surface area (Å²) in [4.78, 5) is 0. The van der Waals surface area contributed by atoms with E-state index in [2.05, 4.69) is 4.72 Å². The summed E-state index contributed by atoms with van der Waals surface area (Å²) < 4.78 is 63.3. The number of rotatable bonds is 6. The van der Waals surface area contributed by atoms with Gasteiger partial charge in [0.05, 0.1) is 5.54 Å². The highest BCUT2D eigenvalue weighted by molar-refractivity contribution is 7.87. The Kier molecular flexibility index (Phi) is 5.62. The Morgan fingerprint density at radius 1 is 1.38 bits per heavy atom. The van der Waals surface area contributed by atoms with E-state index in [1.54, 1.807) is 0 Å². The van der Waals surface area contributed by atoms with Crippen LogP contribution in [-0.4, -0.2) is 32.5 Å². The Balaban J connectivity index is 2.77. The third-order valence-corrected chi connectivity index (χ3v) is 5.03. The van der Waals surface area contributed by atoms with Crippen molar-refractivity contribution in [2.45, 2.75) is 50.7 Å². The number of nitrogens with one attached hydrogen (secondary N) is 3. The predicted molar refractivity (Wildman–Crippen MR) is 73.0 cm³/mol. The van der Waals surface area contributed by atoms with Crippen LogP contribution in [0.2, 0.25) is 0 Å². The van der Waals surface area contributed by atoms with Gasteiger partial charge in [0, 0.05) is 0 Å². The minimum atomic E-state index is -4.64. The molecular weight excluding hydrogens is 309 g/mol. The molecule has 0 saturated heterocycles. The molecule has 6 nitrogen and oxygen atoms in total. The molecule has 1 fully saturated rings. The Morgan fingerprint density at radius 3 is 2.29 bits per heavy atom. The normalized spacial score (nSPS) is 27.5. The average Bonchev–Trinajstić information content (AvgIpc) is 2.36. The Morgan fingerprint density at radius 2 is 1.90 bits per heavy atom. The molecule has 1 aliphatic carbocycles. The lowest BCUT2D eigenvalue weighted by atomic mass is 9.75. The first-order valence-electron chi connectivity index (χ1n) is 6.69. The molecule has 0 spiro atoms. The molecule has 1 rings (SSSR count). The molecule has 0 unspecified atom stereocenters. The molecule has 0 heterocycles. The van der Waals surface area contributed by atoms with Crippen LogP contribution in [0.5, 0.6) is 0 Å². The average molecular weight is 330 g/mol. The molecule has 0 amide bonds. The molecule has 0 bridgehead atoms. The van der Waals surface area contributed by atoms with Gasteiger partial charge in [-0.1, -0.05) is 13.3 Å². The number of halogens is 3. The fraction of sp³-hybridized carbons (Fsp3) is 0.909. The standard InChI is InChI=1S/C11H21F3N4O2S/c1-2-8-3-5-10(6-4-8,9(15)16)18-21(19,20)17-7-11(12,13)14/h8,17-18H,2-7H2,1H3,(H3,15,16). The molecule has 5 N–H and O–H groups in total. The van der Waals surface area contributed by atoms with Gasteiger partial charge in [0.15, 0.2) is 0 Å². The van der Waals surface area contributed by atoms with Gasteiger partial charge in [0.2, 0.25) is 0 Å². The first kappa shape index (κ1) is 18.2. The van der Waals surface area contributed by atoms with Crippen LogP contribution < -0.4 is 15.2 Å². The number of nitrogens with two attached hydrogens (primary N) is 1. The van der Waals surface area contributed by atoms with E-state index in [9.17, 15) is 21.6 Å². The summed E-state index contributed by atoms with van der Waals surface area (Å²) in [5, 5.41) is 7.60. The predicted octanol–water partition coefficient (Wildman–Crippen LogP) is 1.25. The zero-order valence-corrected chi connectivity index (χ0v) is 12.6. The fourth-order valence-electron chi connectivity index (χ4n) is 2.48. The van der Waals surface area contributed by atoms with Gasteiger partial charge in [-0.15, -0.1) is 0 Å². The van der Waals surface area contributed by atoms with E-state index in [1.807, 2.05) is 6.92 Å². The highest BCUT2D eigenvalue weighted by Crippen LogP contribution is 2.34. The molecule has 124 valence electrons. The van der Waals surface area contributed by atoms with E-state index in [4.69, 9.17) is 11.1 Å². The van der Waals surface area contributed by atoms with Crippen LogP contribution in [0.1, 0.15) is 39.0 Å². The SMILES string of the molecule is CCC1CCC(NS(=O)(=O)NCC(F)(F)F)(C(=N)N)CC1. The molecule has 1 saturated carbocycles. The molecule has 0 aromatic heterocycles. The Labute approximate surface area is 122 Å². The van der Waals surface area contributed by atoms with Crippen molar-refractivity contribution in [2.24, 2.45) is 11.7 Å². The molecule has 21 heavy (non-hydrogen) atoms. The summed E-state index contributed by atoms with van der Waals surface area (Å²) in [6.45, 7) is 0.356. The lowest BCUT2D eigenvalue weighted by Gasteiger charge is -2.39. The zero-order chi connectivity index (χ0) is 16.3. The molecule has 0 aliphatic heterocycles. The number of amidine groups is 1. The lowest BCUT2D eigenvalue weighted by molar-refractivity contribution is -0.121. The van der Waals surface area contributed by atoms with Crippen molar-refractivity contribution in [3.8, 4) is 0 Å². The lowest BCUT2D eigenvalue weighted by Crippen LogP contribution is -2.61. The minimum Gasteiger partial charge on any atom is -0.386 e. The summed E-state index contributed by atoms with van der Waals surface area (Å²) in [5.41, 5.74) is 4.20. The van der Waals surface area contributed by atoms with E-state index >= 15 is 0 Å². The van der Waals surface area contributed by atoms with Crippen molar-refractivity contribution in [3.05, 3.63) is 0 Å². The smallest absolute Gasteiger partial charge is 0.386 e. The third kappa shape index (κ3) is 5.44. The second-order valence-electron chi connectivity index (χ2n) is 5.39. The van der Waals surface area contributed by atoms with Crippen molar-refractivity contribution >= 4 is 16.0 Å². The molecule has 0 atom stereocenters. The van der Waals surface area contributed by atoms with Crippen molar-refractivity contribution in [2.75, 3.05) is 6.54 Å². The number of hydrogen-bond acceptors (Lipinski definition) is 3. The van der Waals surface area contributed by atoms with Crippen LogP contribution in [0.4, 0.5) is 13.2 Å². The van der Waals surface area contributed by atoms with E-state index in [0.717, 1.165) is 6.42 Å². The number of hydrogen-bond donors (Lipinski definition) is 4. The summed E-state index contributed by atoms with van der Waals surface area (Å²) in [6, 6.07) is 0. The summed E-state index contributed by atoms with van der Waals surface area (Å²) in [5.74, 6) is 0.0551. The maximum Gasteiger partial charge on any atom is 0.402 e. The third-order valence-electron chi connectivity index (χ3n) is 3.84. The highest BCUT2D eigenvalue weighted by Gasteiger charge is 2.41. The van der Waals surface area contributed by atoms with Gasteiger partial charge >= 0.3 is 6.18 Å². The van der Waals surface area contributed by atoms with Gasteiger partial charge in [-0.3, -0.25) is 5.41 Å². The topological polar surface area (TPSA) is 108 Å². The maximum atomic E-state index is 12.1. The van der Waals surface area contributed by atoms with E-state index in [1.165, 1.54) is 4.72 Å². The van der Waals surface area contributed by atoms with E-state index < -0.39 is 28.5 Å². The van der Waals surface area contributed by atoms with Crippen LogP contribution in [0.25, 0.3) is 0 Å². The van der Waals surface area contributed by atoms with Gasteiger partial charge in [0.25, 0.3) is 10.2 Å². The second-order valence-corrected chi connectivity index (χ2v) is 6.89. The Hall–Kier alpha value is -0.870. The van der Waals surface area contributed by atoms with Crippen molar-refractivity contribution < 1.29 is 21.6 Å². The molecular formula is C11H21F3N4O2S. The molecule has 0 radical (unpaired) electrons. The maximum absolute atomic E-state index is 12.1. The highest BCUT2D eigenvalue weighted by atomic mass is 32.2. The fourth-order valence-corrected chi connectivity index (χ4v) is 3.73. The van der Waals surface area contributed by atoms with E-state index in [-0.39, 0.29) is 5.84 Å².